The number of carbonyl (C=O) groups excluding carboxylic acids is 1. The molecule has 0 saturated carbocycles. The number of amides is 1. The second kappa shape index (κ2) is 3.53. The summed E-state index contributed by atoms with van der Waals surface area (Å²) >= 11 is 3.20. The Morgan fingerprint density at radius 1 is 1.75 bits per heavy atom. The van der Waals surface area contributed by atoms with Crippen LogP contribution in [0.2, 0.25) is 0 Å². The first-order valence-electron chi connectivity index (χ1n) is 3.28. The van der Waals surface area contributed by atoms with Crippen molar-refractivity contribution in [2.45, 2.75) is 0 Å². The molecule has 0 aromatic carbocycles. The standard InChI is InChI=1S/C7H8BrN3O/c1-10-7-5(6(9)12)2-4(8)3-11-7/h2-3H,1H3,(H2,9,12)(H,10,11). The lowest BCUT2D eigenvalue weighted by atomic mass is 10.2. The summed E-state index contributed by atoms with van der Waals surface area (Å²) in [6.45, 7) is 0. The zero-order valence-corrected chi connectivity index (χ0v) is 8.05. The van der Waals surface area contributed by atoms with Crippen molar-refractivity contribution >= 4 is 27.7 Å². The molecule has 0 aliphatic rings. The molecule has 0 radical (unpaired) electrons. The molecule has 1 aromatic rings. The highest BCUT2D eigenvalue weighted by molar-refractivity contribution is 9.10. The maximum Gasteiger partial charge on any atom is 0.252 e. The Kier molecular flexibility index (Phi) is 2.65. The van der Waals surface area contributed by atoms with Crippen molar-refractivity contribution in [2.24, 2.45) is 5.73 Å². The fourth-order valence-electron chi connectivity index (χ4n) is 0.826. The highest BCUT2D eigenvalue weighted by Crippen LogP contribution is 2.16. The molecule has 1 rings (SSSR count). The Hall–Kier alpha value is -1.10. The maximum atomic E-state index is 10.9. The Morgan fingerprint density at radius 2 is 2.42 bits per heavy atom. The van der Waals surface area contributed by atoms with Gasteiger partial charge in [-0.3, -0.25) is 4.79 Å². The minimum Gasteiger partial charge on any atom is -0.372 e. The van der Waals surface area contributed by atoms with Crippen LogP contribution in [0.25, 0.3) is 0 Å². The van der Waals surface area contributed by atoms with E-state index in [1.807, 2.05) is 0 Å². The number of nitrogens with zero attached hydrogens (tertiary/aromatic N) is 1. The van der Waals surface area contributed by atoms with Gasteiger partial charge in [-0.25, -0.2) is 4.98 Å². The number of carbonyl (C=O) groups is 1. The van der Waals surface area contributed by atoms with Crippen LogP contribution in [0.15, 0.2) is 16.7 Å². The van der Waals surface area contributed by atoms with Crippen molar-refractivity contribution in [1.29, 1.82) is 0 Å². The van der Waals surface area contributed by atoms with Crippen molar-refractivity contribution in [3.05, 3.63) is 22.3 Å². The average Bonchev–Trinajstić information content (AvgIpc) is 2.04. The molecular weight excluding hydrogens is 222 g/mol. The third-order valence-corrected chi connectivity index (χ3v) is 1.79. The molecule has 0 bridgehead atoms. The van der Waals surface area contributed by atoms with Crippen LogP contribution >= 0.6 is 15.9 Å². The van der Waals surface area contributed by atoms with Crippen molar-refractivity contribution in [2.75, 3.05) is 12.4 Å². The molecule has 1 heterocycles. The van der Waals surface area contributed by atoms with E-state index in [1.54, 1.807) is 19.3 Å². The molecule has 1 aromatic heterocycles. The van der Waals surface area contributed by atoms with Crippen molar-refractivity contribution < 1.29 is 4.79 Å². The molecule has 0 aliphatic carbocycles. The van der Waals surface area contributed by atoms with Crippen LogP contribution < -0.4 is 11.1 Å². The van der Waals surface area contributed by atoms with Gasteiger partial charge in [-0.1, -0.05) is 0 Å². The van der Waals surface area contributed by atoms with Crippen LogP contribution in [0.1, 0.15) is 10.4 Å². The molecule has 4 nitrogen and oxygen atoms in total. The summed E-state index contributed by atoms with van der Waals surface area (Å²) in [4.78, 5) is 14.8. The van der Waals surface area contributed by atoms with Crippen molar-refractivity contribution in [3.8, 4) is 0 Å². The molecule has 0 fully saturated rings. The topological polar surface area (TPSA) is 68.0 Å². The second-order valence-corrected chi connectivity index (χ2v) is 3.08. The summed E-state index contributed by atoms with van der Waals surface area (Å²) in [5, 5.41) is 2.77. The van der Waals surface area contributed by atoms with Gasteiger partial charge >= 0.3 is 0 Å². The number of halogens is 1. The summed E-state index contributed by atoms with van der Waals surface area (Å²) in [6, 6.07) is 1.63. The molecule has 0 unspecified atom stereocenters. The van der Waals surface area contributed by atoms with Crippen molar-refractivity contribution in [3.63, 3.8) is 0 Å². The lowest BCUT2D eigenvalue weighted by Gasteiger charge is -2.03. The number of hydrogen-bond donors (Lipinski definition) is 2. The molecule has 64 valence electrons. The highest BCUT2D eigenvalue weighted by Gasteiger charge is 2.07. The number of nitrogens with one attached hydrogen (secondary N) is 1. The van der Waals surface area contributed by atoms with Crippen LogP contribution in [-0.4, -0.2) is 17.9 Å². The predicted molar refractivity (Wildman–Crippen MR) is 50.0 cm³/mol. The molecule has 0 atom stereocenters. The minimum absolute atomic E-state index is 0.381. The van der Waals surface area contributed by atoms with E-state index in [4.69, 9.17) is 5.73 Å². The van der Waals surface area contributed by atoms with E-state index in [1.165, 1.54) is 0 Å². The number of nitrogens with two attached hydrogens (primary N) is 1. The fraction of sp³-hybridized carbons (Fsp3) is 0.143. The van der Waals surface area contributed by atoms with Gasteiger partial charge in [0.25, 0.3) is 5.91 Å². The Labute approximate surface area is 78.3 Å². The zero-order valence-electron chi connectivity index (χ0n) is 6.47. The molecule has 0 aliphatic heterocycles. The summed E-state index contributed by atoms with van der Waals surface area (Å²) in [5.74, 6) is -0.00106. The first kappa shape index (κ1) is 8.99. The van der Waals surface area contributed by atoms with Gasteiger partial charge in [0.1, 0.15) is 5.82 Å². The average molecular weight is 230 g/mol. The predicted octanol–water partition coefficient (Wildman–Crippen LogP) is 0.985. The third kappa shape index (κ3) is 1.73. The van der Waals surface area contributed by atoms with E-state index in [0.29, 0.717) is 11.4 Å². The second-order valence-electron chi connectivity index (χ2n) is 2.16. The number of anilines is 1. The van der Waals surface area contributed by atoms with Gasteiger partial charge in [0.2, 0.25) is 0 Å². The van der Waals surface area contributed by atoms with E-state index >= 15 is 0 Å². The van der Waals surface area contributed by atoms with E-state index < -0.39 is 5.91 Å². The SMILES string of the molecule is CNc1ncc(Br)cc1C(N)=O. The van der Waals surface area contributed by atoms with Gasteiger partial charge in [0.05, 0.1) is 5.56 Å². The van der Waals surface area contributed by atoms with Crippen molar-refractivity contribution in [1.82, 2.24) is 4.98 Å². The lowest BCUT2D eigenvalue weighted by molar-refractivity contribution is 0.100. The number of primary amides is 1. The quantitative estimate of drug-likeness (QED) is 0.795. The van der Waals surface area contributed by atoms with Crippen LogP contribution in [0.4, 0.5) is 5.82 Å². The molecule has 0 spiro atoms. The Morgan fingerprint density at radius 3 is 2.92 bits per heavy atom. The van der Waals surface area contributed by atoms with Crippen LogP contribution in [0.3, 0.4) is 0 Å². The number of hydrogen-bond acceptors (Lipinski definition) is 3. The summed E-state index contributed by atoms with van der Waals surface area (Å²) in [6.07, 6.45) is 1.60. The first-order valence-corrected chi connectivity index (χ1v) is 4.07. The van der Waals surface area contributed by atoms with E-state index in [9.17, 15) is 4.79 Å². The Bertz CT molecular complexity index is 314. The van der Waals surface area contributed by atoms with Crippen LogP contribution in [-0.2, 0) is 0 Å². The Balaban J connectivity index is 3.21. The fourth-order valence-corrected chi connectivity index (χ4v) is 1.16. The normalized spacial score (nSPS) is 9.50. The third-order valence-electron chi connectivity index (χ3n) is 1.36. The molecule has 3 N–H and O–H groups in total. The number of rotatable bonds is 2. The minimum atomic E-state index is -0.492. The van der Waals surface area contributed by atoms with Crippen LogP contribution in [0.5, 0.6) is 0 Å². The summed E-state index contributed by atoms with van der Waals surface area (Å²) < 4.78 is 0.732. The van der Waals surface area contributed by atoms with Crippen LogP contribution in [0, 0.1) is 0 Å². The summed E-state index contributed by atoms with van der Waals surface area (Å²) in [7, 11) is 1.68. The smallest absolute Gasteiger partial charge is 0.252 e. The largest absolute Gasteiger partial charge is 0.372 e. The molecular formula is C7H8BrN3O. The maximum absolute atomic E-state index is 10.9. The van der Waals surface area contributed by atoms with Gasteiger partial charge in [0.15, 0.2) is 0 Å². The monoisotopic (exact) mass is 229 g/mol. The molecule has 12 heavy (non-hydrogen) atoms. The highest BCUT2D eigenvalue weighted by atomic mass is 79.9. The molecule has 0 saturated heterocycles. The molecule has 1 amide bonds. The summed E-state index contributed by atoms with van der Waals surface area (Å²) in [5.41, 5.74) is 5.50. The zero-order chi connectivity index (χ0) is 9.14. The van der Waals surface area contributed by atoms with Gasteiger partial charge in [-0.2, -0.15) is 0 Å². The number of pyridine rings is 1. The van der Waals surface area contributed by atoms with Gasteiger partial charge in [0, 0.05) is 17.7 Å². The van der Waals surface area contributed by atoms with E-state index in [2.05, 4.69) is 26.2 Å². The van der Waals surface area contributed by atoms with Gasteiger partial charge in [-0.15, -0.1) is 0 Å². The lowest BCUT2D eigenvalue weighted by Crippen LogP contribution is -2.14. The first-order chi connectivity index (χ1) is 5.65. The van der Waals surface area contributed by atoms with E-state index in [-0.39, 0.29) is 0 Å². The van der Waals surface area contributed by atoms with Gasteiger partial charge in [-0.05, 0) is 22.0 Å². The molecule has 5 heteroatoms. The van der Waals surface area contributed by atoms with Gasteiger partial charge < -0.3 is 11.1 Å². The van der Waals surface area contributed by atoms with E-state index in [0.717, 1.165) is 4.47 Å². The number of aromatic nitrogens is 1.